The Kier molecular flexibility index (Phi) is 7.48. The summed E-state index contributed by atoms with van der Waals surface area (Å²) in [4.78, 5) is 2.70. The van der Waals surface area contributed by atoms with Crippen LogP contribution >= 0.6 is 0 Å². The van der Waals surface area contributed by atoms with Gasteiger partial charge in [-0.15, -0.1) is 0 Å². The Balaban J connectivity index is 1.71. The summed E-state index contributed by atoms with van der Waals surface area (Å²) in [6.07, 6.45) is 9.62. The van der Waals surface area contributed by atoms with Crippen LogP contribution in [0.15, 0.2) is 0 Å². The zero-order valence-electron chi connectivity index (χ0n) is 14.5. The molecule has 3 nitrogen and oxygen atoms in total. The van der Waals surface area contributed by atoms with Crippen molar-refractivity contribution >= 4 is 0 Å². The molecule has 21 heavy (non-hydrogen) atoms. The molecule has 0 amide bonds. The van der Waals surface area contributed by atoms with Crippen LogP contribution in [-0.2, 0) is 0 Å². The number of rotatable bonds is 7. The molecule has 124 valence electrons. The fourth-order valence-electron chi connectivity index (χ4n) is 3.99. The minimum atomic E-state index is 0.629. The maximum Gasteiger partial charge on any atom is 0.0243 e. The molecule has 3 atom stereocenters. The van der Waals surface area contributed by atoms with Crippen molar-refractivity contribution in [1.82, 2.24) is 15.5 Å². The molecule has 0 aromatic heterocycles. The molecule has 2 aliphatic rings. The van der Waals surface area contributed by atoms with Gasteiger partial charge >= 0.3 is 0 Å². The van der Waals surface area contributed by atoms with Gasteiger partial charge in [-0.25, -0.2) is 0 Å². The van der Waals surface area contributed by atoms with E-state index in [4.69, 9.17) is 0 Å². The van der Waals surface area contributed by atoms with Crippen LogP contribution in [0.1, 0.15) is 65.7 Å². The molecule has 3 unspecified atom stereocenters. The summed E-state index contributed by atoms with van der Waals surface area (Å²) in [5.41, 5.74) is 0. The second-order valence-electron chi connectivity index (χ2n) is 7.60. The third kappa shape index (κ3) is 5.88. The Labute approximate surface area is 132 Å². The van der Waals surface area contributed by atoms with Gasteiger partial charge in [0.2, 0.25) is 0 Å². The summed E-state index contributed by atoms with van der Waals surface area (Å²) in [5.74, 6) is 0.749. The highest BCUT2D eigenvalue weighted by Crippen LogP contribution is 2.18. The topological polar surface area (TPSA) is 27.3 Å². The van der Waals surface area contributed by atoms with Crippen molar-refractivity contribution in [2.45, 2.75) is 83.8 Å². The Morgan fingerprint density at radius 1 is 1.05 bits per heavy atom. The van der Waals surface area contributed by atoms with Gasteiger partial charge < -0.3 is 10.6 Å². The largest absolute Gasteiger partial charge is 0.314 e. The first-order valence-electron chi connectivity index (χ1n) is 9.37. The lowest BCUT2D eigenvalue weighted by atomic mass is 10.0. The lowest BCUT2D eigenvalue weighted by Crippen LogP contribution is -2.47. The van der Waals surface area contributed by atoms with E-state index in [1.165, 1.54) is 64.6 Å². The zero-order chi connectivity index (χ0) is 15.1. The quantitative estimate of drug-likeness (QED) is 0.756. The lowest BCUT2D eigenvalue weighted by molar-refractivity contribution is 0.181. The van der Waals surface area contributed by atoms with Gasteiger partial charge in [0.1, 0.15) is 0 Å². The molecule has 2 N–H and O–H groups in total. The highest BCUT2D eigenvalue weighted by Gasteiger charge is 2.25. The number of nitrogens with one attached hydrogen (secondary N) is 2. The second-order valence-corrected chi connectivity index (χ2v) is 7.60. The third-order valence-electron chi connectivity index (χ3n) is 5.36. The van der Waals surface area contributed by atoms with E-state index in [0.717, 1.165) is 24.5 Å². The van der Waals surface area contributed by atoms with Crippen LogP contribution in [0.3, 0.4) is 0 Å². The molecule has 2 heterocycles. The Bertz CT molecular complexity index is 266. The Morgan fingerprint density at radius 3 is 2.52 bits per heavy atom. The van der Waals surface area contributed by atoms with Crippen LogP contribution in [0.4, 0.5) is 0 Å². The third-order valence-corrected chi connectivity index (χ3v) is 5.36. The molecular weight excluding hydrogens is 258 g/mol. The van der Waals surface area contributed by atoms with Gasteiger partial charge in [0.15, 0.2) is 0 Å². The standard InChI is InChI=1S/C18H37N3/c1-15(2)18(21-11-7-8-12-21)14-20-16(3)13-17-9-5-4-6-10-19-17/h15-20H,4-14H2,1-3H3. The molecule has 0 spiro atoms. The monoisotopic (exact) mass is 295 g/mol. The molecule has 2 fully saturated rings. The number of nitrogens with zero attached hydrogens (tertiary/aromatic N) is 1. The van der Waals surface area contributed by atoms with Crippen LogP contribution in [0.25, 0.3) is 0 Å². The fourth-order valence-corrected chi connectivity index (χ4v) is 3.99. The average Bonchev–Trinajstić information content (AvgIpc) is 2.84. The maximum atomic E-state index is 3.83. The van der Waals surface area contributed by atoms with Crippen molar-refractivity contribution in [1.29, 1.82) is 0 Å². The van der Waals surface area contributed by atoms with Gasteiger partial charge in [-0.2, -0.15) is 0 Å². The van der Waals surface area contributed by atoms with Crippen LogP contribution in [0.5, 0.6) is 0 Å². The van der Waals surface area contributed by atoms with Crippen molar-refractivity contribution in [2.75, 3.05) is 26.2 Å². The molecule has 0 aromatic rings. The van der Waals surface area contributed by atoms with Crippen molar-refractivity contribution < 1.29 is 0 Å². The zero-order valence-corrected chi connectivity index (χ0v) is 14.5. The molecule has 2 aliphatic heterocycles. The normalized spacial score (nSPS) is 27.7. The Hall–Kier alpha value is -0.120. The molecule has 2 saturated heterocycles. The van der Waals surface area contributed by atoms with Crippen molar-refractivity contribution in [3.05, 3.63) is 0 Å². The highest BCUT2D eigenvalue weighted by atomic mass is 15.2. The summed E-state index contributed by atoms with van der Waals surface area (Å²) in [5, 5.41) is 7.55. The second kappa shape index (κ2) is 9.12. The van der Waals surface area contributed by atoms with Gasteiger partial charge in [0.05, 0.1) is 0 Å². The SMILES string of the molecule is CC(CC1CCCCCN1)NCC(C(C)C)N1CCCC1. The van der Waals surface area contributed by atoms with Gasteiger partial charge in [0.25, 0.3) is 0 Å². The van der Waals surface area contributed by atoms with E-state index in [-0.39, 0.29) is 0 Å². The summed E-state index contributed by atoms with van der Waals surface area (Å²) >= 11 is 0. The highest BCUT2D eigenvalue weighted by molar-refractivity contribution is 4.83. The smallest absolute Gasteiger partial charge is 0.0243 e. The predicted octanol–water partition coefficient (Wildman–Crippen LogP) is 3.01. The van der Waals surface area contributed by atoms with Crippen LogP contribution in [0.2, 0.25) is 0 Å². The van der Waals surface area contributed by atoms with Crippen LogP contribution in [-0.4, -0.2) is 49.2 Å². The van der Waals surface area contributed by atoms with Gasteiger partial charge in [-0.3, -0.25) is 4.90 Å². The van der Waals surface area contributed by atoms with E-state index < -0.39 is 0 Å². The average molecular weight is 296 g/mol. The number of likely N-dealkylation sites (tertiary alicyclic amines) is 1. The minimum absolute atomic E-state index is 0.629. The molecule has 0 aliphatic carbocycles. The first-order valence-corrected chi connectivity index (χ1v) is 9.37. The molecule has 3 heteroatoms. The molecule has 0 radical (unpaired) electrons. The Morgan fingerprint density at radius 2 is 1.81 bits per heavy atom. The van der Waals surface area contributed by atoms with Gasteiger partial charge in [0, 0.05) is 24.7 Å². The maximum absolute atomic E-state index is 3.83. The predicted molar refractivity (Wildman–Crippen MR) is 91.8 cm³/mol. The molecule has 0 saturated carbocycles. The molecule has 0 bridgehead atoms. The first-order chi connectivity index (χ1) is 10.2. The van der Waals surface area contributed by atoms with Crippen molar-refractivity contribution in [2.24, 2.45) is 5.92 Å². The summed E-state index contributed by atoms with van der Waals surface area (Å²) in [6.45, 7) is 12.1. The minimum Gasteiger partial charge on any atom is -0.314 e. The van der Waals surface area contributed by atoms with Crippen molar-refractivity contribution in [3.63, 3.8) is 0 Å². The summed E-state index contributed by atoms with van der Waals surface area (Å²) in [7, 11) is 0. The van der Waals surface area contributed by atoms with Gasteiger partial charge in [-0.1, -0.05) is 26.7 Å². The van der Waals surface area contributed by atoms with E-state index in [1.807, 2.05) is 0 Å². The molecule has 0 aromatic carbocycles. The number of hydrogen-bond acceptors (Lipinski definition) is 3. The fraction of sp³-hybridized carbons (Fsp3) is 1.00. The van der Waals surface area contributed by atoms with Crippen molar-refractivity contribution in [3.8, 4) is 0 Å². The van der Waals surface area contributed by atoms with E-state index in [0.29, 0.717) is 6.04 Å². The summed E-state index contributed by atoms with van der Waals surface area (Å²) in [6, 6.07) is 2.08. The lowest BCUT2D eigenvalue weighted by Gasteiger charge is -2.32. The van der Waals surface area contributed by atoms with Crippen LogP contribution < -0.4 is 10.6 Å². The van der Waals surface area contributed by atoms with Gasteiger partial charge in [-0.05, 0) is 64.6 Å². The van der Waals surface area contributed by atoms with E-state index >= 15 is 0 Å². The number of hydrogen-bond donors (Lipinski definition) is 2. The van der Waals surface area contributed by atoms with E-state index in [1.54, 1.807) is 0 Å². The van der Waals surface area contributed by atoms with Crippen LogP contribution in [0, 0.1) is 5.92 Å². The first kappa shape index (κ1) is 17.2. The van der Waals surface area contributed by atoms with E-state index in [9.17, 15) is 0 Å². The molecule has 2 rings (SSSR count). The summed E-state index contributed by atoms with van der Waals surface area (Å²) < 4.78 is 0. The van der Waals surface area contributed by atoms with E-state index in [2.05, 4.69) is 36.3 Å². The molecular formula is C18H37N3.